The monoisotopic (exact) mass is 553 g/mol. The van der Waals surface area contributed by atoms with Crippen LogP contribution in [0.4, 0.5) is 0 Å². The smallest absolute Gasteiger partial charge is 0.191 e. The summed E-state index contributed by atoms with van der Waals surface area (Å²) < 4.78 is 17.5. The van der Waals surface area contributed by atoms with Crippen LogP contribution in [0.15, 0.2) is 59.6 Å². The lowest BCUT2D eigenvalue weighted by Gasteiger charge is -2.32. The minimum absolute atomic E-state index is 0. The zero-order valence-electron chi connectivity index (χ0n) is 19.3. The molecule has 3 unspecified atom stereocenters. The normalized spacial score (nSPS) is 19.4. The van der Waals surface area contributed by atoms with Crippen LogP contribution in [0.3, 0.4) is 0 Å². The Kier molecular flexibility index (Phi) is 11.7. The van der Waals surface area contributed by atoms with Gasteiger partial charge in [0.25, 0.3) is 0 Å². The summed E-state index contributed by atoms with van der Waals surface area (Å²) in [6.07, 6.45) is 2.27. The van der Waals surface area contributed by atoms with Gasteiger partial charge >= 0.3 is 0 Å². The molecule has 2 N–H and O–H groups in total. The first-order valence-electron chi connectivity index (χ1n) is 11.2. The number of ether oxygens (including phenoxy) is 3. The topological polar surface area (TPSA) is 64.1 Å². The van der Waals surface area contributed by atoms with Gasteiger partial charge in [0, 0.05) is 25.6 Å². The molecule has 1 saturated heterocycles. The Morgan fingerprint density at radius 2 is 1.81 bits per heavy atom. The van der Waals surface area contributed by atoms with Crippen LogP contribution in [-0.2, 0) is 4.74 Å². The van der Waals surface area contributed by atoms with Crippen molar-refractivity contribution in [2.24, 2.45) is 10.9 Å². The highest BCUT2D eigenvalue weighted by atomic mass is 127. The highest BCUT2D eigenvalue weighted by Crippen LogP contribution is 2.33. The number of rotatable bonds is 9. The highest BCUT2D eigenvalue weighted by Gasteiger charge is 2.27. The number of nitrogens with zero attached hydrogens (tertiary/aromatic N) is 1. The van der Waals surface area contributed by atoms with Gasteiger partial charge in [0.2, 0.25) is 0 Å². The first-order chi connectivity index (χ1) is 15.2. The Morgan fingerprint density at radius 1 is 1.09 bits per heavy atom. The van der Waals surface area contributed by atoms with Gasteiger partial charge in [-0.15, -0.1) is 24.0 Å². The van der Waals surface area contributed by atoms with E-state index >= 15 is 0 Å². The summed E-state index contributed by atoms with van der Waals surface area (Å²) in [6, 6.07) is 18.2. The molecule has 2 aromatic rings. The SMILES string of the molecule is CCNC(=NCC(C)Oc1ccccc1OC)NCC1CCCOC1c1ccccc1.I. The van der Waals surface area contributed by atoms with Crippen LogP contribution in [0.5, 0.6) is 11.5 Å². The van der Waals surface area contributed by atoms with Crippen molar-refractivity contribution in [2.45, 2.75) is 38.9 Å². The average molecular weight is 553 g/mol. The predicted octanol–water partition coefficient (Wildman–Crippen LogP) is 4.80. The third-order valence-electron chi connectivity index (χ3n) is 5.35. The van der Waals surface area contributed by atoms with Crippen LogP contribution in [0.25, 0.3) is 0 Å². The van der Waals surface area contributed by atoms with E-state index in [9.17, 15) is 0 Å². The van der Waals surface area contributed by atoms with E-state index in [2.05, 4.69) is 41.8 Å². The molecular formula is C25H36IN3O3. The first-order valence-corrected chi connectivity index (χ1v) is 11.2. The molecular weight excluding hydrogens is 517 g/mol. The Balaban J connectivity index is 0.00000363. The van der Waals surface area contributed by atoms with Gasteiger partial charge in [-0.05, 0) is 44.4 Å². The van der Waals surface area contributed by atoms with Crippen molar-refractivity contribution in [3.63, 3.8) is 0 Å². The molecule has 0 spiro atoms. The summed E-state index contributed by atoms with van der Waals surface area (Å²) in [5, 5.41) is 6.85. The molecule has 2 aromatic carbocycles. The zero-order valence-corrected chi connectivity index (χ0v) is 21.6. The molecule has 0 amide bonds. The molecule has 0 saturated carbocycles. The van der Waals surface area contributed by atoms with Crippen molar-refractivity contribution in [3.8, 4) is 11.5 Å². The number of halogens is 1. The number of methoxy groups -OCH3 is 1. The number of guanidine groups is 1. The number of para-hydroxylation sites is 2. The van der Waals surface area contributed by atoms with Crippen LogP contribution < -0.4 is 20.1 Å². The van der Waals surface area contributed by atoms with E-state index in [0.29, 0.717) is 12.5 Å². The second-order valence-electron chi connectivity index (χ2n) is 7.78. The van der Waals surface area contributed by atoms with Crippen LogP contribution in [-0.4, -0.2) is 45.4 Å². The van der Waals surface area contributed by atoms with Gasteiger partial charge in [-0.25, -0.2) is 4.99 Å². The third kappa shape index (κ3) is 7.85. The molecule has 6 nitrogen and oxygen atoms in total. The van der Waals surface area contributed by atoms with Crippen molar-refractivity contribution in [2.75, 3.05) is 33.4 Å². The van der Waals surface area contributed by atoms with Gasteiger partial charge in [0.05, 0.1) is 19.8 Å². The average Bonchev–Trinajstić information content (AvgIpc) is 2.82. The maximum absolute atomic E-state index is 6.12. The van der Waals surface area contributed by atoms with Gasteiger partial charge < -0.3 is 24.8 Å². The molecule has 0 radical (unpaired) electrons. The summed E-state index contributed by atoms with van der Waals surface area (Å²) in [5.74, 6) is 2.67. The summed E-state index contributed by atoms with van der Waals surface area (Å²) >= 11 is 0. The van der Waals surface area contributed by atoms with E-state index in [-0.39, 0.29) is 36.2 Å². The Labute approximate surface area is 209 Å². The molecule has 0 aliphatic carbocycles. The minimum Gasteiger partial charge on any atom is -0.493 e. The van der Waals surface area contributed by atoms with Gasteiger partial charge in [-0.3, -0.25) is 0 Å². The van der Waals surface area contributed by atoms with E-state index < -0.39 is 0 Å². The lowest BCUT2D eigenvalue weighted by Crippen LogP contribution is -2.42. The number of hydrogen-bond donors (Lipinski definition) is 2. The molecule has 1 aliphatic heterocycles. The van der Waals surface area contributed by atoms with E-state index in [1.165, 1.54) is 5.56 Å². The second kappa shape index (κ2) is 14.2. The largest absolute Gasteiger partial charge is 0.493 e. The fraction of sp³-hybridized carbons (Fsp3) is 0.480. The standard InChI is InChI=1S/C25H35N3O3.HI/c1-4-26-25(27-17-19(2)31-23-15-9-8-14-22(23)29-3)28-18-21-13-10-16-30-24(21)20-11-6-5-7-12-20;/h5-9,11-12,14-15,19,21,24H,4,10,13,16-18H2,1-3H3,(H2,26,27,28);1H. The predicted molar refractivity (Wildman–Crippen MR) is 140 cm³/mol. The lowest BCUT2D eigenvalue weighted by atomic mass is 9.89. The number of nitrogens with one attached hydrogen (secondary N) is 2. The van der Waals surface area contributed by atoms with E-state index in [4.69, 9.17) is 19.2 Å². The molecule has 1 heterocycles. The van der Waals surface area contributed by atoms with Crippen LogP contribution in [0.1, 0.15) is 38.4 Å². The van der Waals surface area contributed by atoms with Crippen LogP contribution >= 0.6 is 24.0 Å². The molecule has 32 heavy (non-hydrogen) atoms. The number of aliphatic imine (C=N–C) groups is 1. The molecule has 1 fully saturated rings. The van der Waals surface area contributed by atoms with Gasteiger partial charge in [-0.2, -0.15) is 0 Å². The van der Waals surface area contributed by atoms with Crippen LogP contribution in [0, 0.1) is 5.92 Å². The maximum atomic E-state index is 6.12. The lowest BCUT2D eigenvalue weighted by molar-refractivity contribution is -0.0265. The van der Waals surface area contributed by atoms with Gasteiger partial charge in [0.15, 0.2) is 17.5 Å². The zero-order chi connectivity index (χ0) is 21.9. The van der Waals surface area contributed by atoms with Crippen molar-refractivity contribution in [1.29, 1.82) is 0 Å². The van der Waals surface area contributed by atoms with Crippen molar-refractivity contribution >= 4 is 29.9 Å². The summed E-state index contributed by atoms with van der Waals surface area (Å²) in [4.78, 5) is 4.74. The quantitative estimate of drug-likeness (QED) is 0.265. The van der Waals surface area contributed by atoms with E-state index in [1.807, 2.05) is 37.3 Å². The Hall–Kier alpha value is -2.00. The molecule has 3 atom stereocenters. The molecule has 1 aliphatic rings. The Morgan fingerprint density at radius 3 is 2.53 bits per heavy atom. The third-order valence-corrected chi connectivity index (χ3v) is 5.35. The van der Waals surface area contributed by atoms with E-state index in [1.54, 1.807) is 7.11 Å². The molecule has 0 bridgehead atoms. The fourth-order valence-corrected chi connectivity index (χ4v) is 3.82. The van der Waals surface area contributed by atoms with Gasteiger partial charge in [0.1, 0.15) is 6.10 Å². The van der Waals surface area contributed by atoms with Crippen molar-refractivity contribution < 1.29 is 14.2 Å². The fourth-order valence-electron chi connectivity index (χ4n) is 3.82. The van der Waals surface area contributed by atoms with E-state index in [0.717, 1.165) is 50.0 Å². The number of hydrogen-bond acceptors (Lipinski definition) is 4. The minimum atomic E-state index is -0.0816. The molecule has 3 rings (SSSR count). The summed E-state index contributed by atoms with van der Waals surface area (Å²) in [7, 11) is 1.65. The van der Waals surface area contributed by atoms with Gasteiger partial charge in [-0.1, -0.05) is 42.5 Å². The van der Waals surface area contributed by atoms with Crippen molar-refractivity contribution in [1.82, 2.24) is 10.6 Å². The van der Waals surface area contributed by atoms with Crippen LogP contribution in [0.2, 0.25) is 0 Å². The molecule has 176 valence electrons. The Bertz CT molecular complexity index is 819. The highest BCUT2D eigenvalue weighted by molar-refractivity contribution is 14.0. The summed E-state index contributed by atoms with van der Waals surface area (Å²) in [6.45, 7) is 7.06. The number of benzene rings is 2. The second-order valence-corrected chi connectivity index (χ2v) is 7.78. The maximum Gasteiger partial charge on any atom is 0.191 e. The van der Waals surface area contributed by atoms with Crippen molar-refractivity contribution in [3.05, 3.63) is 60.2 Å². The molecule has 7 heteroatoms. The molecule has 0 aromatic heterocycles. The first kappa shape index (κ1) is 26.3. The summed E-state index contributed by atoms with van der Waals surface area (Å²) in [5.41, 5.74) is 1.25.